The summed E-state index contributed by atoms with van der Waals surface area (Å²) in [6.45, 7) is 0.854. The maximum absolute atomic E-state index is 12.3. The van der Waals surface area contributed by atoms with E-state index in [2.05, 4.69) is 15.9 Å². The number of aliphatic hydroxyl groups excluding tert-OH is 1. The van der Waals surface area contributed by atoms with Gasteiger partial charge in [-0.2, -0.15) is 0 Å². The minimum absolute atomic E-state index is 0.00185. The Hall–Kier alpha value is -1.65. The fraction of sp³-hybridized carbons (Fsp3) is 0.278. The summed E-state index contributed by atoms with van der Waals surface area (Å²) >= 11 is 3.36. The molecular formula is C18H19BrO3. The van der Waals surface area contributed by atoms with Crippen molar-refractivity contribution >= 4 is 21.7 Å². The average Bonchev–Trinajstić information content (AvgIpc) is 2.55. The summed E-state index contributed by atoms with van der Waals surface area (Å²) in [6.07, 6.45) is 2.68. The molecule has 2 aromatic carbocycles. The molecular weight excluding hydrogens is 344 g/mol. The molecule has 0 saturated heterocycles. The molecule has 2 rings (SSSR count). The average molecular weight is 363 g/mol. The Labute approximate surface area is 139 Å². The number of carbonyl (C=O) groups is 1. The van der Waals surface area contributed by atoms with Crippen LogP contribution >= 0.6 is 15.9 Å². The predicted molar refractivity (Wildman–Crippen MR) is 90.4 cm³/mol. The summed E-state index contributed by atoms with van der Waals surface area (Å²) in [6, 6.07) is 14.5. The maximum atomic E-state index is 12.3. The summed E-state index contributed by atoms with van der Waals surface area (Å²) in [7, 11) is 0. The number of halogens is 1. The van der Waals surface area contributed by atoms with Gasteiger partial charge in [-0.25, -0.2) is 0 Å². The number of carbonyl (C=O) groups excluding carboxylic acids is 1. The third kappa shape index (κ3) is 4.97. The topological polar surface area (TPSA) is 46.5 Å². The number of ether oxygens (including phenoxy) is 1. The van der Waals surface area contributed by atoms with Crippen molar-refractivity contribution in [1.29, 1.82) is 0 Å². The molecule has 0 aliphatic heterocycles. The van der Waals surface area contributed by atoms with Crippen molar-refractivity contribution in [2.75, 3.05) is 13.2 Å². The first kappa shape index (κ1) is 16.7. The lowest BCUT2D eigenvalue weighted by Crippen LogP contribution is -2.02. The van der Waals surface area contributed by atoms with Crippen LogP contribution in [-0.4, -0.2) is 24.1 Å². The van der Waals surface area contributed by atoms with E-state index in [0.29, 0.717) is 17.7 Å². The van der Waals surface area contributed by atoms with Gasteiger partial charge < -0.3 is 9.84 Å². The highest BCUT2D eigenvalue weighted by atomic mass is 79.9. The summed E-state index contributed by atoms with van der Waals surface area (Å²) in [5.74, 6) is 0.762. The van der Waals surface area contributed by atoms with E-state index in [-0.39, 0.29) is 12.4 Å². The van der Waals surface area contributed by atoms with Gasteiger partial charge in [-0.1, -0.05) is 15.9 Å². The summed E-state index contributed by atoms with van der Waals surface area (Å²) in [4.78, 5) is 12.3. The van der Waals surface area contributed by atoms with E-state index in [4.69, 9.17) is 9.84 Å². The Bertz CT molecular complexity index is 591. The summed E-state index contributed by atoms with van der Waals surface area (Å²) < 4.78 is 6.56. The van der Waals surface area contributed by atoms with Gasteiger partial charge in [-0.3, -0.25) is 4.79 Å². The lowest BCUT2D eigenvalue weighted by Gasteiger charge is -2.07. The van der Waals surface area contributed by atoms with Crippen molar-refractivity contribution < 1.29 is 14.6 Å². The van der Waals surface area contributed by atoms with E-state index in [9.17, 15) is 4.79 Å². The van der Waals surface area contributed by atoms with Crippen LogP contribution in [0.5, 0.6) is 5.75 Å². The largest absolute Gasteiger partial charge is 0.494 e. The number of benzene rings is 2. The fourth-order valence-electron chi connectivity index (χ4n) is 2.05. The molecule has 1 N–H and O–H groups in total. The molecule has 0 amide bonds. The zero-order valence-electron chi connectivity index (χ0n) is 12.3. The van der Waals surface area contributed by atoms with Gasteiger partial charge in [-0.15, -0.1) is 0 Å². The highest BCUT2D eigenvalue weighted by Crippen LogP contribution is 2.17. The molecule has 3 nitrogen and oxygen atoms in total. The normalized spacial score (nSPS) is 10.5. The molecule has 0 radical (unpaired) electrons. The third-order valence-corrected chi connectivity index (χ3v) is 3.82. The molecule has 0 fully saturated rings. The highest BCUT2D eigenvalue weighted by molar-refractivity contribution is 9.10. The van der Waals surface area contributed by atoms with Gasteiger partial charge in [-0.05, 0) is 67.8 Å². The number of rotatable bonds is 8. The molecule has 2 aromatic rings. The molecule has 0 aromatic heterocycles. The van der Waals surface area contributed by atoms with Crippen LogP contribution in [0.15, 0.2) is 53.0 Å². The second-order valence-corrected chi connectivity index (χ2v) is 5.91. The van der Waals surface area contributed by atoms with Gasteiger partial charge in [0.05, 0.1) is 6.61 Å². The molecule has 4 heteroatoms. The number of hydrogen-bond donors (Lipinski definition) is 1. The number of aliphatic hydroxyl groups is 1. The van der Waals surface area contributed by atoms with E-state index >= 15 is 0 Å². The Morgan fingerprint density at radius 3 is 2.09 bits per heavy atom. The van der Waals surface area contributed by atoms with Gasteiger partial charge in [0.25, 0.3) is 0 Å². The maximum Gasteiger partial charge on any atom is 0.193 e. The zero-order chi connectivity index (χ0) is 15.8. The monoisotopic (exact) mass is 362 g/mol. The van der Waals surface area contributed by atoms with Crippen molar-refractivity contribution in [1.82, 2.24) is 0 Å². The molecule has 116 valence electrons. The Morgan fingerprint density at radius 2 is 1.50 bits per heavy atom. The van der Waals surface area contributed by atoms with Crippen molar-refractivity contribution in [3.63, 3.8) is 0 Å². The lowest BCUT2D eigenvalue weighted by atomic mass is 10.0. The van der Waals surface area contributed by atoms with Crippen molar-refractivity contribution in [2.24, 2.45) is 0 Å². The molecule has 0 unspecified atom stereocenters. The first-order valence-corrected chi connectivity index (χ1v) is 8.14. The highest BCUT2D eigenvalue weighted by Gasteiger charge is 2.08. The first-order chi connectivity index (χ1) is 10.7. The van der Waals surface area contributed by atoms with Crippen molar-refractivity contribution in [3.8, 4) is 5.75 Å². The molecule has 0 heterocycles. The summed E-state index contributed by atoms with van der Waals surface area (Å²) in [5, 5.41) is 8.70. The van der Waals surface area contributed by atoms with Crippen molar-refractivity contribution in [3.05, 3.63) is 64.1 Å². The van der Waals surface area contributed by atoms with E-state index < -0.39 is 0 Å². The number of unbranched alkanes of at least 4 members (excludes halogenated alkanes) is 2. The van der Waals surface area contributed by atoms with Gasteiger partial charge >= 0.3 is 0 Å². The second-order valence-electron chi connectivity index (χ2n) is 4.99. The minimum atomic E-state index is 0.00185. The third-order valence-electron chi connectivity index (χ3n) is 3.29. The van der Waals surface area contributed by atoms with Crippen LogP contribution < -0.4 is 4.74 Å². The van der Waals surface area contributed by atoms with E-state index in [1.54, 1.807) is 24.3 Å². The Balaban J connectivity index is 1.91. The molecule has 0 bridgehead atoms. The van der Waals surface area contributed by atoms with Gasteiger partial charge in [0, 0.05) is 22.2 Å². The van der Waals surface area contributed by atoms with Crippen LogP contribution in [0.4, 0.5) is 0 Å². The quantitative estimate of drug-likeness (QED) is 0.564. The zero-order valence-corrected chi connectivity index (χ0v) is 13.9. The van der Waals surface area contributed by atoms with Crippen LogP contribution in [0.1, 0.15) is 35.2 Å². The van der Waals surface area contributed by atoms with E-state index in [1.165, 1.54) is 0 Å². The Kier molecular flexibility index (Phi) is 6.62. The van der Waals surface area contributed by atoms with Gasteiger partial charge in [0.2, 0.25) is 0 Å². The van der Waals surface area contributed by atoms with Crippen LogP contribution in [0.3, 0.4) is 0 Å². The van der Waals surface area contributed by atoms with Crippen molar-refractivity contribution in [2.45, 2.75) is 19.3 Å². The molecule has 0 saturated carbocycles. The SMILES string of the molecule is O=C(c1ccc(Br)cc1)c1ccc(OCCCCCO)cc1. The van der Waals surface area contributed by atoms with Gasteiger partial charge in [0.15, 0.2) is 5.78 Å². The molecule has 0 aliphatic rings. The molecule has 22 heavy (non-hydrogen) atoms. The fourth-order valence-corrected chi connectivity index (χ4v) is 2.32. The van der Waals surface area contributed by atoms with Crippen LogP contribution in [0.2, 0.25) is 0 Å². The molecule has 0 aliphatic carbocycles. The molecule has 0 spiro atoms. The standard InChI is InChI=1S/C18H19BrO3/c19-16-8-4-14(5-9-16)18(21)15-6-10-17(11-7-15)22-13-3-1-2-12-20/h4-11,20H,1-3,12-13H2. The predicted octanol–water partition coefficient (Wildman–Crippen LogP) is 4.22. The minimum Gasteiger partial charge on any atom is -0.494 e. The van der Waals surface area contributed by atoms with E-state index in [1.807, 2.05) is 24.3 Å². The summed E-state index contributed by atoms with van der Waals surface area (Å²) in [5.41, 5.74) is 1.32. The smallest absolute Gasteiger partial charge is 0.193 e. The lowest BCUT2D eigenvalue weighted by molar-refractivity contribution is 0.103. The first-order valence-electron chi connectivity index (χ1n) is 7.34. The van der Waals surface area contributed by atoms with Crippen LogP contribution in [-0.2, 0) is 0 Å². The van der Waals surface area contributed by atoms with Gasteiger partial charge in [0.1, 0.15) is 5.75 Å². The Morgan fingerprint density at radius 1 is 0.909 bits per heavy atom. The van der Waals surface area contributed by atoms with E-state index in [0.717, 1.165) is 29.5 Å². The second kappa shape index (κ2) is 8.71. The number of ketones is 1. The number of hydrogen-bond acceptors (Lipinski definition) is 3. The molecule has 0 atom stereocenters. The van der Waals surface area contributed by atoms with Crippen LogP contribution in [0, 0.1) is 0 Å². The van der Waals surface area contributed by atoms with Crippen LogP contribution in [0.25, 0.3) is 0 Å².